The van der Waals surface area contributed by atoms with Gasteiger partial charge in [0.2, 0.25) is 0 Å². The first-order valence-electron chi connectivity index (χ1n) is 8.30. The van der Waals surface area contributed by atoms with E-state index in [1.165, 1.54) is 12.0 Å². The average Bonchev–Trinajstić information content (AvgIpc) is 2.44. The maximum absolute atomic E-state index is 12.0. The van der Waals surface area contributed by atoms with Gasteiger partial charge < -0.3 is 0 Å². The average molecular weight is 288 g/mol. The molecule has 0 unspecified atom stereocenters. The van der Waals surface area contributed by atoms with Crippen LogP contribution in [0.5, 0.6) is 0 Å². The molecule has 1 heteroatoms. The zero-order valence-corrected chi connectivity index (χ0v) is 14.5. The Morgan fingerprint density at radius 3 is 2.10 bits per heavy atom. The van der Waals surface area contributed by atoms with Crippen LogP contribution in [-0.2, 0) is 11.2 Å². The van der Waals surface area contributed by atoms with Crippen molar-refractivity contribution in [2.45, 2.75) is 73.1 Å². The van der Waals surface area contributed by atoms with Gasteiger partial charge in [-0.25, -0.2) is 0 Å². The van der Waals surface area contributed by atoms with Gasteiger partial charge >= 0.3 is 0 Å². The van der Waals surface area contributed by atoms with E-state index in [0.717, 1.165) is 25.7 Å². The maximum atomic E-state index is 12.0. The summed E-state index contributed by atoms with van der Waals surface area (Å²) < 4.78 is 0. The fourth-order valence-electron chi connectivity index (χ4n) is 2.67. The van der Waals surface area contributed by atoms with Crippen molar-refractivity contribution in [1.82, 2.24) is 0 Å². The number of rotatable bonds is 8. The molecule has 0 aromatic heterocycles. The number of hydrogen-bond acceptors (Lipinski definition) is 1. The van der Waals surface area contributed by atoms with Crippen molar-refractivity contribution in [3.05, 3.63) is 35.9 Å². The maximum Gasteiger partial charge on any atom is 0.133 e. The smallest absolute Gasteiger partial charge is 0.133 e. The summed E-state index contributed by atoms with van der Waals surface area (Å²) in [5.41, 5.74) is 1.85. The van der Waals surface area contributed by atoms with Gasteiger partial charge in [0.1, 0.15) is 5.78 Å². The first-order valence-corrected chi connectivity index (χ1v) is 8.30. The van der Waals surface area contributed by atoms with Crippen LogP contribution in [0.3, 0.4) is 0 Å². The van der Waals surface area contributed by atoms with E-state index in [2.05, 4.69) is 58.0 Å². The van der Waals surface area contributed by atoms with Crippen LogP contribution in [0.15, 0.2) is 30.3 Å². The van der Waals surface area contributed by atoms with Gasteiger partial charge in [-0.3, -0.25) is 4.79 Å². The Morgan fingerprint density at radius 2 is 1.57 bits per heavy atom. The monoisotopic (exact) mass is 288 g/mol. The lowest BCUT2D eigenvalue weighted by atomic mass is 9.72. The van der Waals surface area contributed by atoms with E-state index >= 15 is 0 Å². The van der Waals surface area contributed by atoms with Crippen LogP contribution in [-0.4, -0.2) is 5.78 Å². The Labute approximate surface area is 131 Å². The summed E-state index contributed by atoms with van der Waals surface area (Å²) in [4.78, 5) is 12.0. The third-order valence-corrected chi connectivity index (χ3v) is 4.36. The molecule has 0 aliphatic carbocycles. The lowest BCUT2D eigenvalue weighted by Gasteiger charge is -2.32. The highest BCUT2D eigenvalue weighted by Gasteiger charge is 2.28. The molecule has 0 bridgehead atoms. The van der Waals surface area contributed by atoms with Gasteiger partial charge in [-0.05, 0) is 42.1 Å². The van der Waals surface area contributed by atoms with Gasteiger partial charge in [-0.15, -0.1) is 0 Å². The van der Waals surface area contributed by atoms with Crippen molar-refractivity contribution >= 4 is 5.78 Å². The van der Waals surface area contributed by atoms with Gasteiger partial charge in [-0.2, -0.15) is 0 Å². The van der Waals surface area contributed by atoms with E-state index in [1.807, 2.05) is 6.92 Å². The minimum absolute atomic E-state index is 0.135. The molecule has 0 saturated heterocycles. The van der Waals surface area contributed by atoms with Gasteiger partial charge in [-0.1, -0.05) is 65.0 Å². The summed E-state index contributed by atoms with van der Waals surface area (Å²) >= 11 is 0. The number of carbonyl (C=O) groups is 1. The molecule has 21 heavy (non-hydrogen) atoms. The topological polar surface area (TPSA) is 17.1 Å². The van der Waals surface area contributed by atoms with Crippen molar-refractivity contribution in [2.24, 2.45) is 10.8 Å². The van der Waals surface area contributed by atoms with Crippen molar-refractivity contribution in [2.75, 3.05) is 0 Å². The fraction of sp³-hybridized carbons (Fsp3) is 0.650. The minimum Gasteiger partial charge on any atom is -0.300 e. The molecule has 0 amide bonds. The summed E-state index contributed by atoms with van der Waals surface area (Å²) in [5.74, 6) is 0.402. The molecule has 1 rings (SSSR count). The zero-order valence-electron chi connectivity index (χ0n) is 14.5. The molecule has 0 heterocycles. The van der Waals surface area contributed by atoms with E-state index in [1.54, 1.807) is 0 Å². The first-order chi connectivity index (χ1) is 9.74. The molecule has 0 spiro atoms. The van der Waals surface area contributed by atoms with Crippen molar-refractivity contribution in [1.29, 1.82) is 0 Å². The van der Waals surface area contributed by atoms with Crippen molar-refractivity contribution in [3.63, 3.8) is 0 Å². The highest BCUT2D eigenvalue weighted by atomic mass is 16.1. The summed E-state index contributed by atoms with van der Waals surface area (Å²) in [6, 6.07) is 10.6. The lowest BCUT2D eigenvalue weighted by molar-refractivity contribution is -0.121. The summed E-state index contributed by atoms with van der Waals surface area (Å²) in [6.45, 7) is 11.1. The van der Waals surface area contributed by atoms with E-state index in [4.69, 9.17) is 0 Å². The number of Topliss-reactive ketones (excluding diaryl/α,β-unsaturated/α-hetero) is 1. The highest BCUT2D eigenvalue weighted by molar-refractivity contribution is 5.78. The van der Waals surface area contributed by atoms with Crippen LogP contribution in [0.2, 0.25) is 0 Å². The summed E-state index contributed by atoms with van der Waals surface area (Å²) in [5, 5.41) is 0. The summed E-state index contributed by atoms with van der Waals surface area (Å²) in [6.07, 6.45) is 5.87. The molecular weight excluding hydrogens is 256 g/mol. The van der Waals surface area contributed by atoms with E-state index in [-0.39, 0.29) is 5.41 Å². The van der Waals surface area contributed by atoms with Gasteiger partial charge in [0.15, 0.2) is 0 Å². The molecule has 0 aliphatic rings. The molecule has 1 nitrogen and oxygen atoms in total. The number of benzene rings is 1. The van der Waals surface area contributed by atoms with Crippen LogP contribution in [0.25, 0.3) is 0 Å². The summed E-state index contributed by atoms with van der Waals surface area (Å²) in [7, 11) is 0. The molecule has 0 N–H and O–H groups in total. The third-order valence-electron chi connectivity index (χ3n) is 4.36. The van der Waals surface area contributed by atoms with Gasteiger partial charge in [0.25, 0.3) is 0 Å². The number of carbonyl (C=O) groups excluding carboxylic acids is 1. The van der Waals surface area contributed by atoms with E-state index in [9.17, 15) is 4.79 Å². The van der Waals surface area contributed by atoms with Crippen molar-refractivity contribution < 1.29 is 4.79 Å². The molecule has 1 atom stereocenters. The molecule has 0 radical (unpaired) electrons. The Balaban J connectivity index is 2.68. The fourth-order valence-corrected chi connectivity index (χ4v) is 2.67. The normalized spacial score (nSPS) is 14.7. The Morgan fingerprint density at radius 1 is 0.952 bits per heavy atom. The lowest BCUT2D eigenvalue weighted by Crippen LogP contribution is -2.24. The second-order valence-electron chi connectivity index (χ2n) is 7.93. The minimum atomic E-state index is 0.135. The molecule has 0 fully saturated rings. The zero-order chi connectivity index (χ0) is 15.9. The predicted octanol–water partition coefficient (Wildman–Crippen LogP) is 5.82. The van der Waals surface area contributed by atoms with Crippen LogP contribution >= 0.6 is 0 Å². The number of ketones is 1. The molecule has 1 aromatic carbocycles. The molecule has 0 aliphatic heterocycles. The van der Waals surface area contributed by atoms with Crippen molar-refractivity contribution in [3.8, 4) is 0 Å². The second kappa shape index (κ2) is 7.77. The Bertz CT molecular complexity index is 427. The van der Waals surface area contributed by atoms with Crippen LogP contribution < -0.4 is 0 Å². The molecule has 118 valence electrons. The van der Waals surface area contributed by atoms with Crippen LogP contribution in [0.4, 0.5) is 0 Å². The Kier molecular flexibility index (Phi) is 6.64. The third kappa shape index (κ3) is 7.45. The standard InChI is InChI=1S/C20H32O/c1-6-18(21)16-20(5,15-14-19(2,3)4)13-12-17-10-8-7-9-11-17/h7-11H,6,12-16H2,1-5H3/t20-/m0/s1. The molecule has 1 aromatic rings. The van der Waals surface area contributed by atoms with E-state index < -0.39 is 0 Å². The van der Waals surface area contributed by atoms with Crippen LogP contribution in [0, 0.1) is 10.8 Å². The molecular formula is C20H32O. The number of aryl methyl sites for hydroxylation is 1. The van der Waals surface area contributed by atoms with E-state index in [0.29, 0.717) is 17.6 Å². The van der Waals surface area contributed by atoms with Gasteiger partial charge in [0, 0.05) is 12.8 Å². The number of hydrogen-bond donors (Lipinski definition) is 0. The SMILES string of the molecule is CCC(=O)C[C@@](C)(CCc1ccccc1)CCC(C)(C)C. The highest BCUT2D eigenvalue weighted by Crippen LogP contribution is 2.37. The predicted molar refractivity (Wildman–Crippen MR) is 91.5 cm³/mol. The quantitative estimate of drug-likeness (QED) is 0.589. The van der Waals surface area contributed by atoms with Crippen LogP contribution in [0.1, 0.15) is 72.3 Å². The largest absolute Gasteiger partial charge is 0.300 e. The second-order valence-corrected chi connectivity index (χ2v) is 7.93. The molecule has 0 saturated carbocycles. The first kappa shape index (κ1) is 17.9. The Hall–Kier alpha value is -1.11. The van der Waals surface area contributed by atoms with Gasteiger partial charge in [0.05, 0.1) is 0 Å².